The number of imidazole rings is 1. The number of esters is 1. The highest BCUT2D eigenvalue weighted by Gasteiger charge is 2.47. The van der Waals surface area contributed by atoms with Crippen LogP contribution in [-0.2, 0) is 33.3 Å². The first-order chi connectivity index (χ1) is 34.2. The van der Waals surface area contributed by atoms with Crippen molar-refractivity contribution in [2.45, 2.75) is 172 Å². The number of hydrogen-bond acceptors (Lipinski definition) is 11. The zero-order valence-electron chi connectivity index (χ0n) is 42.3. The maximum absolute atomic E-state index is 14.5. The molecule has 382 valence electrons. The van der Waals surface area contributed by atoms with Gasteiger partial charge in [0, 0.05) is 30.4 Å². The highest BCUT2D eigenvalue weighted by atomic mass is 16.5. The molecule has 12 atom stereocenters. The van der Waals surface area contributed by atoms with Gasteiger partial charge in [0.15, 0.2) is 0 Å². The number of carbonyl (C=O) groups excluding carboxylic acids is 3. The normalized spacial score (nSPS) is 30.3. The van der Waals surface area contributed by atoms with Gasteiger partial charge < -0.3 is 44.6 Å². The summed E-state index contributed by atoms with van der Waals surface area (Å²) in [4.78, 5) is 64.9. The first kappa shape index (κ1) is 50.6. The minimum Gasteiger partial charge on any atom is -0.481 e. The van der Waals surface area contributed by atoms with Gasteiger partial charge in [-0.25, -0.2) is 9.78 Å². The molecule has 71 heavy (non-hydrogen) atoms. The van der Waals surface area contributed by atoms with E-state index in [0.717, 1.165) is 83.6 Å². The number of carboxylic acids is 1. The van der Waals surface area contributed by atoms with Gasteiger partial charge in [-0.05, 0) is 156 Å². The van der Waals surface area contributed by atoms with Crippen LogP contribution in [0.25, 0.3) is 28.0 Å². The van der Waals surface area contributed by atoms with Gasteiger partial charge in [-0.1, -0.05) is 48.5 Å². The van der Waals surface area contributed by atoms with Crippen LogP contribution < -0.4 is 10.6 Å². The topological polar surface area (TPSA) is 194 Å². The summed E-state index contributed by atoms with van der Waals surface area (Å²) in [6.45, 7) is 8.40. The Morgan fingerprint density at radius 2 is 1.37 bits per heavy atom. The predicted molar refractivity (Wildman–Crippen MR) is 270 cm³/mol. The number of amides is 2. The van der Waals surface area contributed by atoms with E-state index in [0.29, 0.717) is 36.8 Å². The highest BCUT2D eigenvalue weighted by Crippen LogP contribution is 2.45. The van der Waals surface area contributed by atoms with Gasteiger partial charge in [0.2, 0.25) is 5.91 Å². The number of ether oxygens (including phenoxy) is 4. The molecule has 10 rings (SSSR count). The number of nitrogens with one attached hydrogen (secondary N) is 3. The summed E-state index contributed by atoms with van der Waals surface area (Å²) >= 11 is 0. The monoisotopic (exact) mass is 975 g/mol. The molecule has 15 heteroatoms. The number of carbonyl (C=O) groups is 4. The van der Waals surface area contributed by atoms with E-state index >= 15 is 0 Å². The zero-order valence-corrected chi connectivity index (χ0v) is 42.3. The summed E-state index contributed by atoms with van der Waals surface area (Å²) in [7, 11) is 2.65. The van der Waals surface area contributed by atoms with Crippen molar-refractivity contribution in [1.82, 2.24) is 25.5 Å². The summed E-state index contributed by atoms with van der Waals surface area (Å²) in [6.07, 6.45) is 16.1. The molecule has 6 fully saturated rings. The molecule has 4 N–H and O–H groups in total. The lowest BCUT2D eigenvalue weighted by molar-refractivity contribution is -0.156. The fourth-order valence-corrected chi connectivity index (χ4v) is 12.1. The molecule has 3 aromatic rings. The average molecular weight is 975 g/mol. The molecule has 2 amide bonds. The van der Waals surface area contributed by atoms with E-state index in [-0.39, 0.29) is 60.7 Å². The van der Waals surface area contributed by atoms with Crippen molar-refractivity contribution in [3.63, 3.8) is 0 Å². The SMILES string of the molecule is COC(=O)C[C@H](C(=O)O)[C@H]1C[C@@H](C)O[C@H](C2CC2)C1.COC(=O)N[C@H](C(=O)N1[C@@H](C)CC[C@H]1C1=NC=C(c2ccc(-c3ccc(-c4cnc([C@@H]5CC[C@H](C)N5)[nH]4)cc3)cc2)C1)[C@H]1C[C@@H](C)O[C@H](C2CC2)C1. The number of aromatic nitrogens is 2. The number of aliphatic carboxylic acids is 1. The van der Waals surface area contributed by atoms with Crippen LogP contribution in [0.3, 0.4) is 0 Å². The summed E-state index contributed by atoms with van der Waals surface area (Å²) in [6, 6.07) is 17.4. The third-order valence-corrected chi connectivity index (χ3v) is 16.3. The molecule has 0 spiro atoms. The Morgan fingerprint density at radius 3 is 1.94 bits per heavy atom. The van der Waals surface area contributed by atoms with Gasteiger partial charge in [-0.3, -0.25) is 19.4 Å². The number of rotatable bonds is 14. The van der Waals surface area contributed by atoms with E-state index in [2.05, 4.69) is 94.6 Å². The Morgan fingerprint density at radius 1 is 0.761 bits per heavy atom. The number of benzene rings is 2. The summed E-state index contributed by atoms with van der Waals surface area (Å²) in [5, 5.41) is 15.9. The third-order valence-electron chi connectivity index (χ3n) is 16.3. The number of H-pyrrole nitrogens is 1. The molecule has 6 heterocycles. The van der Waals surface area contributed by atoms with Crippen molar-refractivity contribution in [3.05, 3.63) is 72.3 Å². The maximum atomic E-state index is 14.5. The van der Waals surface area contributed by atoms with Gasteiger partial charge in [0.1, 0.15) is 11.9 Å². The maximum Gasteiger partial charge on any atom is 0.407 e. The second kappa shape index (κ2) is 22.2. The van der Waals surface area contributed by atoms with E-state index in [1.807, 2.05) is 24.2 Å². The number of allylic oxidation sites excluding steroid dienone is 1. The zero-order chi connectivity index (χ0) is 49.9. The van der Waals surface area contributed by atoms with Crippen molar-refractivity contribution < 1.29 is 43.2 Å². The van der Waals surface area contributed by atoms with Gasteiger partial charge in [0.25, 0.3) is 0 Å². The molecular weight excluding hydrogens is 901 g/mol. The van der Waals surface area contributed by atoms with Crippen LogP contribution in [0.2, 0.25) is 0 Å². The summed E-state index contributed by atoms with van der Waals surface area (Å²) < 4.78 is 21.8. The molecule has 5 aliphatic heterocycles. The standard InChI is InChI=1S/C42H52N6O4.C14H22O5/c1-24-5-17-34(45-24)40-44-23-36(46-40)30-13-11-28(12-14-30)27-7-9-29(10-8-27)33-20-35(43-22-33)37-18-6-25(2)48(37)41(49)39(47-42(50)51-4)32-19-26(3)52-38(21-32)31-15-16-31;1-8-5-10(6-12(19-8)9-3-4-9)11(14(16)17)7-13(15)18-2/h7-14,22-26,31-32,34,37-39,45H,5-6,15-21H2,1-4H3,(H,44,46)(H,47,50);8-12H,3-7H2,1-2H3,(H,16,17)/t24-,25-,26+,32-,34-,37-,38-,39-;8-,10+,11+,12+/m01/s1. The number of alkyl carbamates (subject to hydrolysis) is 1. The van der Waals surface area contributed by atoms with Crippen LogP contribution >= 0.6 is 0 Å². The summed E-state index contributed by atoms with van der Waals surface area (Å²) in [5.41, 5.74) is 7.77. The molecule has 4 saturated heterocycles. The van der Waals surface area contributed by atoms with Crippen LogP contribution in [0.15, 0.2) is 65.9 Å². The lowest BCUT2D eigenvalue weighted by Gasteiger charge is -2.40. The Bertz CT molecular complexity index is 2430. The van der Waals surface area contributed by atoms with Crippen LogP contribution in [0.1, 0.15) is 135 Å². The second-order valence-electron chi connectivity index (χ2n) is 21.6. The number of likely N-dealkylation sites (tertiary alicyclic amines) is 1. The Hall–Kier alpha value is -5.38. The van der Waals surface area contributed by atoms with Crippen LogP contribution in [0.4, 0.5) is 4.79 Å². The Kier molecular flexibility index (Phi) is 15.8. The number of nitrogens with zero attached hydrogens (tertiary/aromatic N) is 3. The molecule has 7 aliphatic rings. The Labute approximate surface area is 418 Å². The predicted octanol–water partition coefficient (Wildman–Crippen LogP) is 9.28. The Balaban J connectivity index is 0.000000276. The van der Waals surface area contributed by atoms with Crippen LogP contribution in [0.5, 0.6) is 0 Å². The lowest BCUT2D eigenvalue weighted by Crippen LogP contribution is -2.57. The second-order valence-corrected chi connectivity index (χ2v) is 21.6. The average Bonchev–Trinajstić information content (AvgIpc) is 4.19. The molecule has 0 radical (unpaired) electrons. The van der Waals surface area contributed by atoms with E-state index in [1.54, 1.807) is 0 Å². The van der Waals surface area contributed by atoms with Gasteiger partial charge in [-0.2, -0.15) is 0 Å². The number of methoxy groups -OCH3 is 2. The summed E-state index contributed by atoms with van der Waals surface area (Å²) in [5.74, 6) is 0.130. The van der Waals surface area contributed by atoms with Gasteiger partial charge in [-0.15, -0.1) is 0 Å². The lowest BCUT2D eigenvalue weighted by atomic mass is 9.79. The van der Waals surface area contributed by atoms with E-state index in [4.69, 9.17) is 19.2 Å². The molecule has 2 saturated carbocycles. The quantitative estimate of drug-likeness (QED) is 0.113. The van der Waals surface area contributed by atoms with Crippen molar-refractivity contribution in [1.29, 1.82) is 0 Å². The van der Waals surface area contributed by atoms with E-state index < -0.39 is 30.0 Å². The number of aliphatic imine (C=N–C) groups is 1. The molecular formula is C56H74N6O9. The molecule has 0 unspecified atom stereocenters. The first-order valence-electron chi connectivity index (χ1n) is 26.3. The highest BCUT2D eigenvalue weighted by molar-refractivity contribution is 6.04. The van der Waals surface area contributed by atoms with Crippen molar-refractivity contribution in [2.24, 2.45) is 34.6 Å². The van der Waals surface area contributed by atoms with Gasteiger partial charge >= 0.3 is 18.0 Å². The number of hydrogen-bond donors (Lipinski definition) is 4. The number of carboxylic acid groups (broad SMARTS) is 1. The smallest absolute Gasteiger partial charge is 0.407 e. The largest absolute Gasteiger partial charge is 0.481 e. The molecule has 2 aromatic carbocycles. The van der Waals surface area contributed by atoms with Gasteiger partial charge in [0.05, 0.1) is 74.9 Å². The first-order valence-corrected chi connectivity index (χ1v) is 26.3. The van der Waals surface area contributed by atoms with E-state index in [9.17, 15) is 24.3 Å². The molecule has 1 aromatic heterocycles. The minimum absolute atomic E-state index is 0.00551. The van der Waals surface area contributed by atoms with Crippen LogP contribution in [0, 0.1) is 29.6 Å². The number of aromatic amines is 1. The van der Waals surface area contributed by atoms with Crippen LogP contribution in [-0.4, -0.2) is 112 Å². The molecule has 15 nitrogen and oxygen atoms in total. The van der Waals surface area contributed by atoms with Crippen molar-refractivity contribution in [3.8, 4) is 22.4 Å². The fourth-order valence-electron chi connectivity index (χ4n) is 12.1. The minimum atomic E-state index is -0.904. The third kappa shape index (κ3) is 12.1. The van der Waals surface area contributed by atoms with Crippen molar-refractivity contribution in [2.75, 3.05) is 14.2 Å². The fraction of sp³-hybridized carbons (Fsp3) is 0.607. The molecule has 0 bridgehead atoms. The van der Waals surface area contributed by atoms with Crippen molar-refractivity contribution >= 4 is 35.2 Å². The van der Waals surface area contributed by atoms with E-state index in [1.165, 1.54) is 46.3 Å². The molecule has 2 aliphatic carbocycles.